The fourth-order valence-corrected chi connectivity index (χ4v) is 1.62. The zero-order chi connectivity index (χ0) is 12.1. The minimum atomic E-state index is 0.732. The quantitative estimate of drug-likeness (QED) is 0.849. The summed E-state index contributed by atoms with van der Waals surface area (Å²) in [6.07, 6.45) is 4.36. The molecule has 0 aliphatic heterocycles. The number of aromatic nitrogens is 1. The first-order valence-electron chi connectivity index (χ1n) is 5.98. The number of benzene rings is 1. The van der Waals surface area contributed by atoms with Crippen molar-refractivity contribution in [3.63, 3.8) is 0 Å². The van der Waals surface area contributed by atoms with E-state index >= 15 is 0 Å². The molecule has 0 aliphatic carbocycles. The van der Waals surface area contributed by atoms with E-state index in [0.29, 0.717) is 0 Å². The van der Waals surface area contributed by atoms with Gasteiger partial charge in [0.2, 0.25) is 0 Å². The lowest BCUT2D eigenvalue weighted by atomic mass is 10.1. The molecule has 0 amide bonds. The van der Waals surface area contributed by atoms with Crippen molar-refractivity contribution in [3.8, 4) is 11.3 Å². The molecule has 1 heterocycles. The SMILES string of the molecule is CC(C)CCNc1ccc(-c2cnco2)cc1. The zero-order valence-corrected chi connectivity index (χ0v) is 10.3. The highest BCUT2D eigenvalue weighted by molar-refractivity contribution is 5.60. The van der Waals surface area contributed by atoms with Gasteiger partial charge in [-0.3, -0.25) is 0 Å². The summed E-state index contributed by atoms with van der Waals surface area (Å²) in [7, 11) is 0. The lowest BCUT2D eigenvalue weighted by molar-refractivity contribution is 0.572. The van der Waals surface area contributed by atoms with Gasteiger partial charge in [0.1, 0.15) is 0 Å². The highest BCUT2D eigenvalue weighted by Gasteiger charge is 2.01. The van der Waals surface area contributed by atoms with E-state index in [1.165, 1.54) is 12.8 Å². The molecule has 17 heavy (non-hydrogen) atoms. The molecular weight excluding hydrogens is 212 g/mol. The van der Waals surface area contributed by atoms with Gasteiger partial charge in [-0.2, -0.15) is 0 Å². The molecule has 0 spiro atoms. The van der Waals surface area contributed by atoms with E-state index in [1.54, 1.807) is 6.20 Å². The highest BCUT2D eigenvalue weighted by Crippen LogP contribution is 2.20. The second kappa shape index (κ2) is 5.53. The van der Waals surface area contributed by atoms with Crippen LogP contribution in [0.15, 0.2) is 41.3 Å². The summed E-state index contributed by atoms with van der Waals surface area (Å²) >= 11 is 0. The molecule has 1 N–H and O–H groups in total. The van der Waals surface area contributed by atoms with E-state index in [4.69, 9.17) is 4.42 Å². The van der Waals surface area contributed by atoms with Crippen LogP contribution < -0.4 is 5.32 Å². The Morgan fingerprint density at radius 1 is 1.24 bits per heavy atom. The van der Waals surface area contributed by atoms with Gasteiger partial charge in [-0.05, 0) is 36.6 Å². The molecule has 3 heteroatoms. The minimum Gasteiger partial charge on any atom is -0.444 e. The van der Waals surface area contributed by atoms with Crippen LogP contribution in [-0.4, -0.2) is 11.5 Å². The second-order valence-electron chi connectivity index (χ2n) is 4.55. The smallest absolute Gasteiger partial charge is 0.181 e. The van der Waals surface area contributed by atoms with E-state index in [0.717, 1.165) is 29.5 Å². The molecule has 0 aliphatic rings. The first-order valence-corrected chi connectivity index (χ1v) is 5.98. The Bertz CT molecular complexity index is 432. The molecule has 2 aromatic rings. The predicted molar refractivity (Wildman–Crippen MR) is 69.9 cm³/mol. The molecule has 0 fully saturated rings. The fraction of sp³-hybridized carbons (Fsp3) is 0.357. The zero-order valence-electron chi connectivity index (χ0n) is 10.3. The number of nitrogens with zero attached hydrogens (tertiary/aromatic N) is 1. The summed E-state index contributed by atoms with van der Waals surface area (Å²) in [5.74, 6) is 1.54. The molecule has 0 saturated heterocycles. The Morgan fingerprint density at radius 3 is 2.59 bits per heavy atom. The number of nitrogens with one attached hydrogen (secondary N) is 1. The van der Waals surface area contributed by atoms with Crippen molar-refractivity contribution in [3.05, 3.63) is 36.9 Å². The Labute approximate surface area is 102 Å². The summed E-state index contributed by atoms with van der Waals surface area (Å²) in [4.78, 5) is 3.91. The number of hydrogen-bond acceptors (Lipinski definition) is 3. The van der Waals surface area contributed by atoms with Crippen molar-refractivity contribution in [1.29, 1.82) is 0 Å². The van der Waals surface area contributed by atoms with E-state index in [2.05, 4.69) is 36.3 Å². The Kier molecular flexibility index (Phi) is 3.81. The van der Waals surface area contributed by atoms with E-state index < -0.39 is 0 Å². The lowest BCUT2D eigenvalue weighted by Gasteiger charge is -2.08. The summed E-state index contributed by atoms with van der Waals surface area (Å²) in [6.45, 7) is 5.47. The Balaban J connectivity index is 1.94. The molecular formula is C14H18N2O. The Hall–Kier alpha value is -1.77. The minimum absolute atomic E-state index is 0.732. The third-order valence-corrected chi connectivity index (χ3v) is 2.65. The van der Waals surface area contributed by atoms with E-state index in [9.17, 15) is 0 Å². The summed E-state index contributed by atoms with van der Waals surface area (Å²) < 4.78 is 5.24. The third kappa shape index (κ3) is 3.34. The third-order valence-electron chi connectivity index (χ3n) is 2.65. The predicted octanol–water partition coefficient (Wildman–Crippen LogP) is 3.80. The van der Waals surface area contributed by atoms with Crippen LogP contribution in [0.5, 0.6) is 0 Å². The molecule has 3 nitrogen and oxygen atoms in total. The number of rotatable bonds is 5. The van der Waals surface area contributed by atoms with Crippen LogP contribution in [0.3, 0.4) is 0 Å². The standard InChI is InChI=1S/C14H18N2O/c1-11(2)7-8-16-13-5-3-12(4-6-13)14-9-15-10-17-14/h3-6,9-11,16H,7-8H2,1-2H3. The van der Waals surface area contributed by atoms with Gasteiger partial charge in [-0.1, -0.05) is 13.8 Å². The molecule has 0 atom stereocenters. The molecule has 2 rings (SSSR count). The first-order chi connectivity index (χ1) is 8.25. The molecule has 0 unspecified atom stereocenters. The van der Waals surface area contributed by atoms with Gasteiger partial charge < -0.3 is 9.73 Å². The second-order valence-corrected chi connectivity index (χ2v) is 4.55. The average Bonchev–Trinajstić information content (AvgIpc) is 2.83. The maximum atomic E-state index is 5.24. The molecule has 0 radical (unpaired) electrons. The van der Waals surface area contributed by atoms with Crippen LogP contribution >= 0.6 is 0 Å². The maximum absolute atomic E-state index is 5.24. The van der Waals surface area contributed by atoms with Gasteiger partial charge in [-0.25, -0.2) is 4.98 Å². The van der Waals surface area contributed by atoms with Crippen LogP contribution in [0.25, 0.3) is 11.3 Å². The van der Waals surface area contributed by atoms with Crippen LogP contribution in [0.1, 0.15) is 20.3 Å². The van der Waals surface area contributed by atoms with Gasteiger partial charge in [0, 0.05) is 17.8 Å². The van der Waals surface area contributed by atoms with Crippen LogP contribution in [0.4, 0.5) is 5.69 Å². The van der Waals surface area contributed by atoms with Crippen LogP contribution in [-0.2, 0) is 0 Å². The largest absolute Gasteiger partial charge is 0.444 e. The summed E-state index contributed by atoms with van der Waals surface area (Å²) in [5, 5.41) is 3.40. The highest BCUT2D eigenvalue weighted by atomic mass is 16.3. The van der Waals surface area contributed by atoms with E-state index in [-0.39, 0.29) is 0 Å². The maximum Gasteiger partial charge on any atom is 0.181 e. The molecule has 0 bridgehead atoms. The number of anilines is 1. The summed E-state index contributed by atoms with van der Waals surface area (Å²) in [5.41, 5.74) is 2.20. The van der Waals surface area contributed by atoms with Crippen LogP contribution in [0.2, 0.25) is 0 Å². The molecule has 1 aromatic carbocycles. The van der Waals surface area contributed by atoms with Crippen molar-refractivity contribution < 1.29 is 4.42 Å². The average molecular weight is 230 g/mol. The van der Waals surface area contributed by atoms with Crippen molar-refractivity contribution in [2.45, 2.75) is 20.3 Å². The van der Waals surface area contributed by atoms with Crippen molar-refractivity contribution in [1.82, 2.24) is 4.98 Å². The number of oxazole rings is 1. The lowest BCUT2D eigenvalue weighted by Crippen LogP contribution is -2.04. The monoisotopic (exact) mass is 230 g/mol. The van der Waals surface area contributed by atoms with Crippen molar-refractivity contribution in [2.24, 2.45) is 5.92 Å². The Morgan fingerprint density at radius 2 is 2.00 bits per heavy atom. The van der Waals surface area contributed by atoms with Gasteiger partial charge in [0.15, 0.2) is 12.2 Å². The van der Waals surface area contributed by atoms with Gasteiger partial charge in [0.25, 0.3) is 0 Å². The topological polar surface area (TPSA) is 38.1 Å². The van der Waals surface area contributed by atoms with Crippen molar-refractivity contribution in [2.75, 3.05) is 11.9 Å². The van der Waals surface area contributed by atoms with E-state index in [1.807, 2.05) is 12.1 Å². The van der Waals surface area contributed by atoms with Gasteiger partial charge >= 0.3 is 0 Å². The van der Waals surface area contributed by atoms with Crippen LogP contribution in [0, 0.1) is 5.92 Å². The fourth-order valence-electron chi connectivity index (χ4n) is 1.62. The molecule has 0 saturated carbocycles. The number of hydrogen-bond donors (Lipinski definition) is 1. The van der Waals surface area contributed by atoms with Gasteiger partial charge in [-0.15, -0.1) is 0 Å². The molecule has 1 aromatic heterocycles. The summed E-state index contributed by atoms with van der Waals surface area (Å²) in [6, 6.07) is 8.22. The first kappa shape index (κ1) is 11.7. The molecule has 90 valence electrons. The van der Waals surface area contributed by atoms with Gasteiger partial charge in [0.05, 0.1) is 6.20 Å². The normalized spacial score (nSPS) is 10.8. The van der Waals surface area contributed by atoms with Crippen molar-refractivity contribution >= 4 is 5.69 Å².